The van der Waals surface area contributed by atoms with Gasteiger partial charge in [-0.05, 0) is 83.8 Å². The lowest BCUT2D eigenvalue weighted by Crippen LogP contribution is -2.13. The second-order valence-corrected chi connectivity index (χ2v) is 7.10. The first-order valence-electron chi connectivity index (χ1n) is 8.36. The van der Waals surface area contributed by atoms with Crippen LogP contribution in [-0.4, -0.2) is 12.5 Å². The minimum atomic E-state index is 0.0289. The Balaban J connectivity index is 1.70. The van der Waals surface area contributed by atoms with Crippen molar-refractivity contribution < 1.29 is 9.53 Å². The standard InChI is InChI=1S/C20H24INO2/c1-3-5-16-7-10-18(11-8-16)24-13-4-6-20(23)22-19-12-9-17(21)14-15(19)2/h7-12,14H,3-6,13H2,1-2H3,(H,22,23). The fourth-order valence-electron chi connectivity index (χ4n) is 2.44. The van der Waals surface area contributed by atoms with Crippen molar-refractivity contribution >= 4 is 34.2 Å². The van der Waals surface area contributed by atoms with Crippen molar-refractivity contribution in [3.05, 3.63) is 57.2 Å². The van der Waals surface area contributed by atoms with Crippen LogP contribution in [0.5, 0.6) is 5.75 Å². The molecule has 0 saturated carbocycles. The van der Waals surface area contributed by atoms with Gasteiger partial charge in [0.2, 0.25) is 5.91 Å². The number of nitrogens with one attached hydrogen (secondary N) is 1. The molecule has 0 unspecified atom stereocenters. The third-order valence-electron chi connectivity index (χ3n) is 3.74. The van der Waals surface area contributed by atoms with Gasteiger partial charge in [0.05, 0.1) is 6.61 Å². The van der Waals surface area contributed by atoms with Gasteiger partial charge < -0.3 is 10.1 Å². The molecule has 0 aliphatic rings. The van der Waals surface area contributed by atoms with E-state index in [1.165, 1.54) is 9.13 Å². The average molecular weight is 437 g/mol. The maximum absolute atomic E-state index is 12.0. The van der Waals surface area contributed by atoms with Crippen molar-refractivity contribution in [2.45, 2.75) is 39.5 Å². The van der Waals surface area contributed by atoms with Crippen LogP contribution in [-0.2, 0) is 11.2 Å². The summed E-state index contributed by atoms with van der Waals surface area (Å²) in [6.07, 6.45) is 3.40. The van der Waals surface area contributed by atoms with Crippen LogP contribution >= 0.6 is 22.6 Å². The lowest BCUT2D eigenvalue weighted by atomic mass is 10.1. The lowest BCUT2D eigenvalue weighted by Gasteiger charge is -2.10. The molecule has 24 heavy (non-hydrogen) atoms. The molecular weight excluding hydrogens is 413 g/mol. The van der Waals surface area contributed by atoms with E-state index in [1.807, 2.05) is 31.2 Å². The van der Waals surface area contributed by atoms with Crippen molar-refractivity contribution in [2.24, 2.45) is 0 Å². The van der Waals surface area contributed by atoms with Gasteiger partial charge in [-0.15, -0.1) is 0 Å². The highest BCUT2D eigenvalue weighted by Crippen LogP contribution is 2.18. The highest BCUT2D eigenvalue weighted by molar-refractivity contribution is 14.1. The summed E-state index contributed by atoms with van der Waals surface area (Å²) in [5.74, 6) is 0.893. The molecule has 128 valence electrons. The lowest BCUT2D eigenvalue weighted by molar-refractivity contribution is -0.116. The number of benzene rings is 2. The van der Waals surface area contributed by atoms with Gasteiger partial charge in [-0.2, -0.15) is 0 Å². The Morgan fingerprint density at radius 1 is 1.17 bits per heavy atom. The Morgan fingerprint density at radius 3 is 2.58 bits per heavy atom. The first-order chi connectivity index (χ1) is 11.6. The zero-order chi connectivity index (χ0) is 17.4. The van der Waals surface area contributed by atoms with Crippen LogP contribution in [0, 0.1) is 10.5 Å². The molecule has 0 aromatic heterocycles. The van der Waals surface area contributed by atoms with Crippen LogP contribution in [0.4, 0.5) is 5.69 Å². The zero-order valence-electron chi connectivity index (χ0n) is 14.3. The van der Waals surface area contributed by atoms with Gasteiger partial charge in [-0.3, -0.25) is 4.79 Å². The van der Waals surface area contributed by atoms with Crippen molar-refractivity contribution in [1.29, 1.82) is 0 Å². The monoisotopic (exact) mass is 437 g/mol. The number of carbonyl (C=O) groups excluding carboxylic acids is 1. The van der Waals surface area contributed by atoms with Crippen molar-refractivity contribution in [1.82, 2.24) is 0 Å². The summed E-state index contributed by atoms with van der Waals surface area (Å²) in [6, 6.07) is 14.2. The van der Waals surface area contributed by atoms with E-state index in [4.69, 9.17) is 4.74 Å². The summed E-state index contributed by atoms with van der Waals surface area (Å²) in [4.78, 5) is 12.0. The van der Waals surface area contributed by atoms with Crippen molar-refractivity contribution in [2.75, 3.05) is 11.9 Å². The third kappa shape index (κ3) is 6.15. The Morgan fingerprint density at radius 2 is 1.92 bits per heavy atom. The minimum absolute atomic E-state index is 0.0289. The SMILES string of the molecule is CCCc1ccc(OCCCC(=O)Nc2ccc(I)cc2C)cc1. The number of hydrogen-bond acceptors (Lipinski definition) is 2. The summed E-state index contributed by atoms with van der Waals surface area (Å²) in [5.41, 5.74) is 3.30. The maximum Gasteiger partial charge on any atom is 0.224 e. The highest BCUT2D eigenvalue weighted by atomic mass is 127. The van der Waals surface area contributed by atoms with E-state index < -0.39 is 0 Å². The maximum atomic E-state index is 12.0. The van der Waals surface area contributed by atoms with Crippen molar-refractivity contribution in [3.8, 4) is 5.75 Å². The summed E-state index contributed by atoms with van der Waals surface area (Å²) in [5, 5.41) is 2.96. The Labute approximate surface area is 157 Å². The van der Waals surface area contributed by atoms with Gasteiger partial charge in [0.25, 0.3) is 0 Å². The summed E-state index contributed by atoms with van der Waals surface area (Å²) in [7, 11) is 0. The molecule has 0 radical (unpaired) electrons. The third-order valence-corrected chi connectivity index (χ3v) is 4.41. The van der Waals surface area contributed by atoms with Crippen molar-refractivity contribution in [3.63, 3.8) is 0 Å². The molecule has 3 nitrogen and oxygen atoms in total. The largest absolute Gasteiger partial charge is 0.494 e. The van der Waals surface area contributed by atoms with Gasteiger partial charge in [-0.25, -0.2) is 0 Å². The fourth-order valence-corrected chi connectivity index (χ4v) is 3.09. The number of halogens is 1. The van der Waals surface area contributed by atoms with Gasteiger partial charge in [0.15, 0.2) is 0 Å². The quantitative estimate of drug-likeness (QED) is 0.447. The normalized spacial score (nSPS) is 10.5. The molecule has 0 heterocycles. The molecule has 2 rings (SSSR count). The van der Waals surface area contributed by atoms with E-state index >= 15 is 0 Å². The number of amides is 1. The first kappa shape index (κ1) is 18.8. The molecule has 0 aliphatic carbocycles. The molecule has 0 spiro atoms. The second kappa shape index (κ2) is 9.67. The van der Waals surface area contributed by atoms with Crippen LogP contribution in [0.3, 0.4) is 0 Å². The first-order valence-corrected chi connectivity index (χ1v) is 9.44. The molecule has 0 atom stereocenters. The topological polar surface area (TPSA) is 38.3 Å². The van der Waals surface area contributed by atoms with E-state index in [2.05, 4.69) is 53.0 Å². The smallest absolute Gasteiger partial charge is 0.224 e. The molecule has 4 heteroatoms. The number of hydrogen-bond donors (Lipinski definition) is 1. The molecule has 2 aromatic rings. The van der Waals surface area contributed by atoms with E-state index in [0.717, 1.165) is 29.8 Å². The van der Waals surface area contributed by atoms with Gasteiger partial charge in [0.1, 0.15) is 5.75 Å². The van der Waals surface area contributed by atoms with Gasteiger partial charge >= 0.3 is 0 Å². The summed E-state index contributed by atoms with van der Waals surface area (Å²) < 4.78 is 6.87. The van der Waals surface area contributed by atoms with Gasteiger partial charge in [-0.1, -0.05) is 25.5 Å². The number of ether oxygens (including phenoxy) is 1. The molecule has 1 N–H and O–H groups in total. The molecule has 2 aromatic carbocycles. The Hall–Kier alpha value is -1.56. The number of aryl methyl sites for hydroxylation is 2. The summed E-state index contributed by atoms with van der Waals surface area (Å²) >= 11 is 2.27. The van der Waals surface area contributed by atoms with Crippen LogP contribution in [0.25, 0.3) is 0 Å². The number of anilines is 1. The second-order valence-electron chi connectivity index (χ2n) is 5.85. The molecule has 0 bridgehead atoms. The predicted molar refractivity (Wildman–Crippen MR) is 108 cm³/mol. The van der Waals surface area contributed by atoms with E-state index in [-0.39, 0.29) is 5.91 Å². The van der Waals surface area contributed by atoms with Crippen LogP contribution < -0.4 is 10.1 Å². The molecular formula is C20H24INO2. The highest BCUT2D eigenvalue weighted by Gasteiger charge is 2.05. The fraction of sp³-hybridized carbons (Fsp3) is 0.350. The summed E-state index contributed by atoms with van der Waals surface area (Å²) in [6.45, 7) is 4.72. The minimum Gasteiger partial charge on any atom is -0.494 e. The predicted octanol–water partition coefficient (Wildman–Crippen LogP) is 5.35. The Kier molecular flexibility index (Phi) is 7.56. The average Bonchev–Trinajstić information content (AvgIpc) is 2.56. The number of carbonyl (C=O) groups is 1. The van der Waals surface area contributed by atoms with Crippen LogP contribution in [0.1, 0.15) is 37.3 Å². The Bertz CT molecular complexity index is 668. The van der Waals surface area contributed by atoms with E-state index in [9.17, 15) is 4.79 Å². The number of rotatable bonds is 8. The van der Waals surface area contributed by atoms with Crippen LogP contribution in [0.15, 0.2) is 42.5 Å². The zero-order valence-corrected chi connectivity index (χ0v) is 16.4. The van der Waals surface area contributed by atoms with Crippen LogP contribution in [0.2, 0.25) is 0 Å². The molecule has 1 amide bonds. The van der Waals surface area contributed by atoms with E-state index in [0.29, 0.717) is 19.4 Å². The van der Waals surface area contributed by atoms with E-state index in [1.54, 1.807) is 0 Å². The van der Waals surface area contributed by atoms with Gasteiger partial charge in [0, 0.05) is 15.7 Å². The molecule has 0 saturated heterocycles. The molecule has 0 fully saturated rings. The molecule has 0 aliphatic heterocycles.